The molecular formula is C6H3ClI2O. The molecule has 0 bridgehead atoms. The monoisotopic (exact) mass is 380 g/mol. The average Bonchev–Trinajstić information content (AvgIpc) is 1.84. The Bertz CT molecular complexity index is 212. The third-order valence-corrected chi connectivity index (χ3v) is 4.11. The van der Waals surface area contributed by atoms with Crippen LogP contribution in [0.4, 0.5) is 0 Å². The van der Waals surface area contributed by atoms with E-state index in [1.54, 1.807) is 12.1 Å². The first-order valence-corrected chi connectivity index (χ1v) is 4.98. The van der Waals surface area contributed by atoms with Crippen molar-refractivity contribution in [2.45, 2.75) is 0 Å². The Labute approximate surface area is 91.1 Å². The molecule has 0 fully saturated rings. The first-order chi connectivity index (χ1) is 4.61. The molecule has 4 heteroatoms. The van der Waals surface area contributed by atoms with Gasteiger partial charge in [-0.25, -0.2) is 0 Å². The predicted octanol–water partition coefficient (Wildman–Crippen LogP) is 3.25. The maximum Gasteiger partial charge on any atom is 0.135 e. The van der Waals surface area contributed by atoms with Gasteiger partial charge in [-0.2, -0.15) is 0 Å². The Kier molecular flexibility index (Phi) is 3.05. The summed E-state index contributed by atoms with van der Waals surface area (Å²) in [5, 5.41) is 9.49. The quantitative estimate of drug-likeness (QED) is 0.541. The number of phenolic OH excluding ortho intramolecular Hbond substituents is 1. The lowest BCUT2D eigenvalue weighted by atomic mass is 10.3. The lowest BCUT2D eigenvalue weighted by Crippen LogP contribution is -1.78. The molecule has 0 aliphatic rings. The van der Waals surface area contributed by atoms with Crippen molar-refractivity contribution < 1.29 is 5.11 Å². The molecule has 10 heavy (non-hydrogen) atoms. The molecule has 0 heterocycles. The SMILES string of the molecule is Oc1cc(I)c(I)cc1Cl. The summed E-state index contributed by atoms with van der Waals surface area (Å²) in [6, 6.07) is 3.38. The number of benzene rings is 1. The summed E-state index contributed by atoms with van der Waals surface area (Å²) in [5.41, 5.74) is 0. The molecule has 54 valence electrons. The minimum atomic E-state index is 0.145. The highest BCUT2D eigenvalue weighted by atomic mass is 127. The topological polar surface area (TPSA) is 20.2 Å². The van der Waals surface area contributed by atoms with Crippen molar-refractivity contribution in [2.75, 3.05) is 0 Å². The summed E-state index contributed by atoms with van der Waals surface area (Å²) < 4.78 is 2.07. The highest BCUT2D eigenvalue weighted by molar-refractivity contribution is 14.1. The van der Waals surface area contributed by atoms with Crippen LogP contribution < -0.4 is 0 Å². The zero-order chi connectivity index (χ0) is 7.72. The van der Waals surface area contributed by atoms with Gasteiger partial charge in [0.25, 0.3) is 0 Å². The smallest absolute Gasteiger partial charge is 0.135 e. The van der Waals surface area contributed by atoms with Gasteiger partial charge in [-0.05, 0) is 57.3 Å². The van der Waals surface area contributed by atoms with Crippen LogP contribution in [0.3, 0.4) is 0 Å². The number of hydrogen-bond acceptors (Lipinski definition) is 1. The number of halogens is 3. The highest BCUT2D eigenvalue weighted by Crippen LogP contribution is 2.28. The molecule has 1 aromatic carbocycles. The van der Waals surface area contributed by atoms with Gasteiger partial charge in [-0.3, -0.25) is 0 Å². The van der Waals surface area contributed by atoms with E-state index in [0.717, 1.165) is 7.14 Å². The van der Waals surface area contributed by atoms with Crippen molar-refractivity contribution in [3.05, 3.63) is 24.3 Å². The van der Waals surface area contributed by atoms with Gasteiger partial charge in [-0.15, -0.1) is 0 Å². The summed E-state index contributed by atoms with van der Waals surface area (Å²) in [7, 11) is 0. The van der Waals surface area contributed by atoms with Crippen LogP contribution in [0.2, 0.25) is 5.02 Å². The summed E-state index contributed by atoms with van der Waals surface area (Å²) in [6.07, 6.45) is 0. The third-order valence-electron chi connectivity index (χ3n) is 0.990. The lowest BCUT2D eigenvalue weighted by molar-refractivity contribution is 0.475. The van der Waals surface area contributed by atoms with Crippen molar-refractivity contribution in [1.82, 2.24) is 0 Å². The number of aromatic hydroxyl groups is 1. The fraction of sp³-hybridized carbons (Fsp3) is 0. The van der Waals surface area contributed by atoms with Gasteiger partial charge >= 0.3 is 0 Å². The molecule has 0 amide bonds. The Balaban J connectivity index is 3.28. The van der Waals surface area contributed by atoms with Gasteiger partial charge in [0.05, 0.1) is 5.02 Å². The minimum Gasteiger partial charge on any atom is -0.506 e. The Morgan fingerprint density at radius 2 is 1.70 bits per heavy atom. The van der Waals surface area contributed by atoms with E-state index in [-0.39, 0.29) is 5.75 Å². The first kappa shape index (κ1) is 8.86. The van der Waals surface area contributed by atoms with Crippen LogP contribution in [0.25, 0.3) is 0 Å². The minimum absolute atomic E-state index is 0.145. The van der Waals surface area contributed by atoms with Gasteiger partial charge in [0.15, 0.2) is 0 Å². The molecule has 1 aromatic rings. The lowest BCUT2D eigenvalue weighted by Gasteiger charge is -1.98. The van der Waals surface area contributed by atoms with Gasteiger partial charge in [0, 0.05) is 7.14 Å². The van der Waals surface area contributed by atoms with Gasteiger partial charge in [-0.1, -0.05) is 11.6 Å². The van der Waals surface area contributed by atoms with E-state index >= 15 is 0 Å². The van der Waals surface area contributed by atoms with E-state index in [9.17, 15) is 0 Å². The van der Waals surface area contributed by atoms with Crippen molar-refractivity contribution in [2.24, 2.45) is 0 Å². The second-order valence-electron chi connectivity index (χ2n) is 1.72. The largest absolute Gasteiger partial charge is 0.506 e. The van der Waals surface area contributed by atoms with Crippen LogP contribution >= 0.6 is 56.8 Å². The van der Waals surface area contributed by atoms with Crippen LogP contribution in [0.5, 0.6) is 5.75 Å². The number of hydrogen-bond donors (Lipinski definition) is 1. The van der Waals surface area contributed by atoms with E-state index in [2.05, 4.69) is 45.2 Å². The summed E-state index contributed by atoms with van der Waals surface area (Å²) in [6.45, 7) is 0. The normalized spacial score (nSPS) is 9.90. The standard InChI is InChI=1S/C6H3ClI2O/c7-3-1-4(8)5(9)2-6(3)10/h1-2,10H. The first-order valence-electron chi connectivity index (χ1n) is 2.45. The molecule has 0 radical (unpaired) electrons. The molecule has 0 aromatic heterocycles. The van der Waals surface area contributed by atoms with E-state index in [1.807, 2.05) is 0 Å². The summed E-state index contributed by atoms with van der Waals surface area (Å²) in [5.74, 6) is 0.145. The zero-order valence-electron chi connectivity index (χ0n) is 4.74. The van der Waals surface area contributed by atoms with Gasteiger partial charge in [0.1, 0.15) is 5.75 Å². The van der Waals surface area contributed by atoms with Crippen LogP contribution in [0.1, 0.15) is 0 Å². The van der Waals surface area contributed by atoms with Crippen molar-refractivity contribution in [1.29, 1.82) is 0 Å². The maximum absolute atomic E-state index is 9.08. The van der Waals surface area contributed by atoms with Crippen molar-refractivity contribution >= 4 is 56.8 Å². The number of rotatable bonds is 0. The Morgan fingerprint density at radius 1 is 1.20 bits per heavy atom. The summed E-state index contributed by atoms with van der Waals surface area (Å²) in [4.78, 5) is 0. The van der Waals surface area contributed by atoms with Crippen LogP contribution in [-0.2, 0) is 0 Å². The predicted molar refractivity (Wildman–Crippen MR) is 58.6 cm³/mol. The van der Waals surface area contributed by atoms with Crippen LogP contribution in [0.15, 0.2) is 12.1 Å². The van der Waals surface area contributed by atoms with Crippen LogP contribution in [-0.4, -0.2) is 5.11 Å². The average molecular weight is 380 g/mol. The van der Waals surface area contributed by atoms with Crippen LogP contribution in [0, 0.1) is 7.14 Å². The fourth-order valence-electron chi connectivity index (χ4n) is 0.512. The highest BCUT2D eigenvalue weighted by Gasteiger charge is 2.01. The second-order valence-corrected chi connectivity index (χ2v) is 4.45. The maximum atomic E-state index is 9.08. The molecule has 0 atom stereocenters. The molecule has 0 spiro atoms. The van der Waals surface area contributed by atoms with Gasteiger partial charge in [0.2, 0.25) is 0 Å². The summed E-state index contributed by atoms with van der Waals surface area (Å²) >= 11 is 9.93. The van der Waals surface area contributed by atoms with E-state index in [1.165, 1.54) is 0 Å². The zero-order valence-corrected chi connectivity index (χ0v) is 9.81. The molecule has 0 unspecified atom stereocenters. The van der Waals surface area contributed by atoms with Crippen molar-refractivity contribution in [3.63, 3.8) is 0 Å². The molecule has 0 aliphatic heterocycles. The molecule has 1 N–H and O–H groups in total. The molecule has 0 aliphatic carbocycles. The molecule has 0 saturated carbocycles. The second kappa shape index (κ2) is 3.44. The van der Waals surface area contributed by atoms with E-state index < -0.39 is 0 Å². The molecule has 1 rings (SSSR count). The van der Waals surface area contributed by atoms with E-state index in [4.69, 9.17) is 16.7 Å². The molecular weight excluding hydrogens is 377 g/mol. The van der Waals surface area contributed by atoms with Gasteiger partial charge < -0.3 is 5.11 Å². The Hall–Kier alpha value is 0.770. The molecule has 0 saturated heterocycles. The van der Waals surface area contributed by atoms with E-state index in [0.29, 0.717) is 5.02 Å². The molecule has 1 nitrogen and oxygen atoms in total. The number of phenols is 1. The fourth-order valence-corrected chi connectivity index (χ4v) is 1.78. The Morgan fingerprint density at radius 3 is 2.20 bits per heavy atom. The third kappa shape index (κ3) is 1.88. The van der Waals surface area contributed by atoms with Crippen molar-refractivity contribution in [3.8, 4) is 5.75 Å².